The summed E-state index contributed by atoms with van der Waals surface area (Å²) in [5.41, 5.74) is -0.655. The first-order valence-corrected chi connectivity index (χ1v) is 7.70. The number of carbonyl (C=O) groups is 1. The zero-order valence-electron chi connectivity index (χ0n) is 12.5. The number of likely N-dealkylation sites (tertiary alicyclic amines) is 1. The molecule has 3 unspecified atom stereocenters. The first-order chi connectivity index (χ1) is 8.93. The molecule has 1 aliphatic heterocycles. The fourth-order valence-corrected chi connectivity index (χ4v) is 3.72. The molecule has 0 spiro atoms. The van der Waals surface area contributed by atoms with Crippen molar-refractivity contribution >= 4 is 5.91 Å². The molecule has 2 rings (SSSR count). The van der Waals surface area contributed by atoms with E-state index in [1.165, 1.54) is 12.8 Å². The lowest BCUT2D eigenvalue weighted by atomic mass is 10.0. The van der Waals surface area contributed by atoms with Gasteiger partial charge in [-0.3, -0.25) is 9.69 Å². The summed E-state index contributed by atoms with van der Waals surface area (Å²) in [6.07, 6.45) is 6.12. The van der Waals surface area contributed by atoms with Crippen molar-refractivity contribution in [3.63, 3.8) is 0 Å². The van der Waals surface area contributed by atoms with E-state index < -0.39 is 5.60 Å². The van der Waals surface area contributed by atoms with E-state index in [9.17, 15) is 9.90 Å². The highest BCUT2D eigenvalue weighted by atomic mass is 16.3. The molecule has 0 radical (unpaired) electrons. The summed E-state index contributed by atoms with van der Waals surface area (Å²) in [6, 6.07) is 0.855. The molecule has 19 heavy (non-hydrogen) atoms. The van der Waals surface area contributed by atoms with Gasteiger partial charge in [-0.15, -0.1) is 0 Å². The van der Waals surface area contributed by atoms with Crippen LogP contribution in [0.1, 0.15) is 59.3 Å². The molecule has 0 aromatic carbocycles. The summed E-state index contributed by atoms with van der Waals surface area (Å²) < 4.78 is 0. The Bertz CT molecular complexity index is 316. The third kappa shape index (κ3) is 3.29. The number of amides is 1. The van der Waals surface area contributed by atoms with Crippen molar-refractivity contribution in [2.24, 2.45) is 0 Å². The molecule has 1 heterocycles. The maximum atomic E-state index is 12.3. The minimum absolute atomic E-state index is 0.0564. The highest BCUT2D eigenvalue weighted by Crippen LogP contribution is 2.29. The second-order valence-corrected chi connectivity index (χ2v) is 6.55. The van der Waals surface area contributed by atoms with Gasteiger partial charge in [0.1, 0.15) is 0 Å². The van der Waals surface area contributed by atoms with Gasteiger partial charge in [-0.05, 0) is 46.5 Å². The van der Waals surface area contributed by atoms with Crippen LogP contribution in [0.25, 0.3) is 0 Å². The van der Waals surface area contributed by atoms with Crippen LogP contribution in [-0.2, 0) is 4.79 Å². The van der Waals surface area contributed by atoms with Crippen molar-refractivity contribution in [2.45, 2.75) is 83.0 Å². The molecule has 1 saturated heterocycles. The van der Waals surface area contributed by atoms with Crippen LogP contribution in [0.15, 0.2) is 0 Å². The van der Waals surface area contributed by atoms with Gasteiger partial charge in [0.15, 0.2) is 0 Å². The number of nitrogens with zero attached hydrogens (tertiary/aromatic N) is 1. The van der Waals surface area contributed by atoms with Crippen LogP contribution in [-0.4, -0.2) is 46.2 Å². The maximum Gasteiger partial charge on any atom is 0.237 e. The molecular weight excluding hydrogens is 240 g/mol. The van der Waals surface area contributed by atoms with Crippen molar-refractivity contribution < 1.29 is 9.90 Å². The summed E-state index contributed by atoms with van der Waals surface area (Å²) >= 11 is 0. The van der Waals surface area contributed by atoms with Crippen LogP contribution in [0.3, 0.4) is 0 Å². The van der Waals surface area contributed by atoms with Crippen molar-refractivity contribution in [1.29, 1.82) is 0 Å². The molecule has 1 aliphatic carbocycles. The van der Waals surface area contributed by atoms with Crippen molar-refractivity contribution in [3.8, 4) is 0 Å². The van der Waals surface area contributed by atoms with Crippen LogP contribution in [0.2, 0.25) is 0 Å². The Balaban J connectivity index is 1.85. The normalized spacial score (nSPS) is 32.4. The Kier molecular flexibility index (Phi) is 4.51. The first-order valence-electron chi connectivity index (χ1n) is 7.70. The molecule has 0 aromatic rings. The monoisotopic (exact) mass is 268 g/mol. The van der Waals surface area contributed by atoms with Gasteiger partial charge >= 0.3 is 0 Å². The molecule has 0 bridgehead atoms. The largest absolute Gasteiger partial charge is 0.388 e. The van der Waals surface area contributed by atoms with E-state index in [0.29, 0.717) is 18.6 Å². The second-order valence-electron chi connectivity index (χ2n) is 6.55. The minimum atomic E-state index is -0.655. The molecule has 1 saturated carbocycles. The molecule has 0 aromatic heterocycles. The third-order valence-electron chi connectivity index (χ3n) is 4.97. The molecule has 2 aliphatic rings. The topological polar surface area (TPSA) is 52.6 Å². The van der Waals surface area contributed by atoms with Crippen LogP contribution >= 0.6 is 0 Å². The Morgan fingerprint density at radius 1 is 1.32 bits per heavy atom. The van der Waals surface area contributed by atoms with Gasteiger partial charge in [-0.1, -0.05) is 12.8 Å². The lowest BCUT2D eigenvalue weighted by Gasteiger charge is -2.32. The smallest absolute Gasteiger partial charge is 0.237 e. The average Bonchev–Trinajstić information content (AvgIpc) is 2.93. The SMILES string of the molecule is CC1CCC(C)N1C(C)C(=O)NCC1(O)CCCC1. The van der Waals surface area contributed by atoms with E-state index in [1.807, 2.05) is 6.92 Å². The molecule has 4 nitrogen and oxygen atoms in total. The average molecular weight is 268 g/mol. The van der Waals surface area contributed by atoms with E-state index in [4.69, 9.17) is 0 Å². The van der Waals surface area contributed by atoms with Gasteiger partial charge in [0.2, 0.25) is 5.91 Å². The predicted molar refractivity (Wildman–Crippen MR) is 75.9 cm³/mol. The van der Waals surface area contributed by atoms with Crippen LogP contribution in [0.5, 0.6) is 0 Å². The summed E-state index contributed by atoms with van der Waals surface area (Å²) in [6.45, 7) is 6.77. The zero-order valence-corrected chi connectivity index (χ0v) is 12.5. The van der Waals surface area contributed by atoms with Crippen LogP contribution in [0, 0.1) is 0 Å². The number of hydrogen-bond acceptors (Lipinski definition) is 3. The van der Waals surface area contributed by atoms with E-state index >= 15 is 0 Å². The van der Waals surface area contributed by atoms with Crippen LogP contribution in [0.4, 0.5) is 0 Å². The fraction of sp³-hybridized carbons (Fsp3) is 0.933. The molecule has 110 valence electrons. The molecule has 1 amide bonds. The summed E-state index contributed by atoms with van der Waals surface area (Å²) in [5, 5.41) is 13.2. The molecule has 2 fully saturated rings. The number of nitrogens with one attached hydrogen (secondary N) is 1. The van der Waals surface area contributed by atoms with E-state index in [0.717, 1.165) is 25.7 Å². The second kappa shape index (κ2) is 5.80. The zero-order chi connectivity index (χ0) is 14.0. The number of hydrogen-bond donors (Lipinski definition) is 2. The van der Waals surface area contributed by atoms with Crippen molar-refractivity contribution in [3.05, 3.63) is 0 Å². The number of aliphatic hydroxyl groups is 1. The summed E-state index contributed by atoms with van der Waals surface area (Å²) in [5.74, 6) is 0.0564. The highest BCUT2D eigenvalue weighted by molar-refractivity contribution is 5.81. The van der Waals surface area contributed by atoms with E-state index in [2.05, 4.69) is 24.1 Å². The van der Waals surface area contributed by atoms with E-state index in [-0.39, 0.29) is 11.9 Å². The molecule has 2 N–H and O–H groups in total. The number of carbonyl (C=O) groups excluding carboxylic acids is 1. The Morgan fingerprint density at radius 2 is 1.84 bits per heavy atom. The van der Waals surface area contributed by atoms with Gasteiger partial charge in [-0.25, -0.2) is 0 Å². The van der Waals surface area contributed by atoms with Gasteiger partial charge in [0, 0.05) is 18.6 Å². The summed E-state index contributed by atoms with van der Waals surface area (Å²) in [7, 11) is 0. The highest BCUT2D eigenvalue weighted by Gasteiger charge is 2.36. The van der Waals surface area contributed by atoms with Gasteiger partial charge in [-0.2, -0.15) is 0 Å². The van der Waals surface area contributed by atoms with Gasteiger partial charge in [0.05, 0.1) is 11.6 Å². The van der Waals surface area contributed by atoms with Crippen LogP contribution < -0.4 is 5.32 Å². The summed E-state index contributed by atoms with van der Waals surface area (Å²) in [4.78, 5) is 14.6. The lowest BCUT2D eigenvalue weighted by molar-refractivity contribution is -0.128. The van der Waals surface area contributed by atoms with Crippen molar-refractivity contribution in [2.75, 3.05) is 6.54 Å². The first kappa shape index (κ1) is 14.8. The lowest BCUT2D eigenvalue weighted by Crippen LogP contribution is -2.51. The molecule has 3 atom stereocenters. The fourth-order valence-electron chi connectivity index (χ4n) is 3.72. The Morgan fingerprint density at radius 3 is 2.37 bits per heavy atom. The molecule has 4 heteroatoms. The Hall–Kier alpha value is -0.610. The maximum absolute atomic E-state index is 12.3. The standard InChI is InChI=1S/C15H28N2O2/c1-11-6-7-12(2)17(11)13(3)14(18)16-10-15(19)8-4-5-9-15/h11-13,19H,4-10H2,1-3H3,(H,16,18). The molecular formula is C15H28N2O2. The predicted octanol–water partition coefficient (Wildman–Crippen LogP) is 1.67. The van der Waals surface area contributed by atoms with Crippen molar-refractivity contribution in [1.82, 2.24) is 10.2 Å². The Labute approximate surface area is 116 Å². The minimum Gasteiger partial charge on any atom is -0.388 e. The number of rotatable bonds is 4. The van der Waals surface area contributed by atoms with Gasteiger partial charge < -0.3 is 10.4 Å². The quantitative estimate of drug-likeness (QED) is 0.815. The van der Waals surface area contributed by atoms with Gasteiger partial charge in [0.25, 0.3) is 0 Å². The third-order valence-corrected chi connectivity index (χ3v) is 4.97. The van der Waals surface area contributed by atoms with E-state index in [1.54, 1.807) is 0 Å².